The minimum atomic E-state index is -1.78. The number of allylic oxidation sites excluding steroid dienone is 1. The zero-order valence-electron chi connectivity index (χ0n) is 21.2. The minimum absolute atomic E-state index is 0.0252. The molecule has 0 fully saturated rings. The first-order valence-corrected chi connectivity index (χ1v) is 15.4. The first-order chi connectivity index (χ1) is 15.0. The van der Waals surface area contributed by atoms with Gasteiger partial charge >= 0.3 is 5.97 Å². The third kappa shape index (κ3) is 14.7. The van der Waals surface area contributed by atoms with Crippen LogP contribution < -0.4 is 0 Å². The van der Waals surface area contributed by atoms with E-state index in [2.05, 4.69) is 27.7 Å². The molecule has 0 rings (SSSR count). The molecular formula is C26H50O4Si. The first-order valence-electron chi connectivity index (χ1n) is 12.9. The second-order valence-corrected chi connectivity index (χ2v) is 13.6. The predicted octanol–water partition coefficient (Wildman–Crippen LogP) is 7.77. The topological polar surface area (TPSA) is 52.6 Å². The Morgan fingerprint density at radius 2 is 1.23 bits per heavy atom. The molecule has 0 aliphatic heterocycles. The molecule has 0 bridgehead atoms. The normalized spacial score (nSPS) is 12.2. The number of unbranched alkanes of at least 4 members (excludes halogenated alkanes) is 11. The Hall–Kier alpha value is -0.943. The lowest BCUT2D eigenvalue weighted by Crippen LogP contribution is -2.37. The second-order valence-electron chi connectivity index (χ2n) is 8.79. The molecule has 0 aliphatic carbocycles. The summed E-state index contributed by atoms with van der Waals surface area (Å²) < 4.78 is 11.0. The molecule has 0 aliphatic rings. The maximum absolute atomic E-state index is 12.4. The fraction of sp³-hybridized carbons (Fsp3) is 0.846. The number of hydrogen-bond acceptors (Lipinski definition) is 4. The Bertz CT molecular complexity index is 489. The van der Waals surface area contributed by atoms with Gasteiger partial charge in [-0.1, -0.05) is 98.0 Å². The van der Waals surface area contributed by atoms with Crippen molar-refractivity contribution >= 4 is 20.1 Å². The lowest BCUT2D eigenvalue weighted by molar-refractivity contribution is -0.137. The van der Waals surface area contributed by atoms with Crippen molar-refractivity contribution in [1.82, 2.24) is 0 Å². The van der Waals surface area contributed by atoms with Gasteiger partial charge in [0.15, 0.2) is 14.1 Å². The molecule has 5 heteroatoms. The van der Waals surface area contributed by atoms with Crippen LogP contribution in [0.3, 0.4) is 0 Å². The van der Waals surface area contributed by atoms with Crippen LogP contribution in [0, 0.1) is 0 Å². The highest BCUT2D eigenvalue weighted by Gasteiger charge is 2.29. The maximum atomic E-state index is 12.4. The van der Waals surface area contributed by atoms with Crippen LogP contribution in [-0.2, 0) is 18.8 Å². The van der Waals surface area contributed by atoms with Gasteiger partial charge in [-0.2, -0.15) is 0 Å². The van der Waals surface area contributed by atoms with Crippen molar-refractivity contribution in [1.29, 1.82) is 0 Å². The zero-order valence-corrected chi connectivity index (χ0v) is 22.2. The van der Waals surface area contributed by atoms with E-state index >= 15 is 0 Å². The summed E-state index contributed by atoms with van der Waals surface area (Å²) in [6.45, 7) is 8.83. The molecule has 182 valence electrons. The molecule has 0 aromatic carbocycles. The second kappa shape index (κ2) is 19.7. The summed E-state index contributed by atoms with van der Waals surface area (Å²) in [5.41, 5.74) is 0.486. The number of carbonyl (C=O) groups excluding carboxylic acids is 2. The molecule has 0 aromatic heterocycles. The number of Topliss-reactive ketones (excluding diaryl/α,β-unsaturated/α-hetero) is 1. The molecule has 0 atom stereocenters. The third-order valence-electron chi connectivity index (χ3n) is 6.51. The van der Waals surface area contributed by atoms with Crippen LogP contribution in [0.2, 0.25) is 18.1 Å². The molecule has 0 heterocycles. The van der Waals surface area contributed by atoms with Crippen molar-refractivity contribution in [3.05, 3.63) is 11.6 Å². The van der Waals surface area contributed by atoms with Gasteiger partial charge in [-0.25, -0.2) is 4.79 Å². The van der Waals surface area contributed by atoms with Crippen molar-refractivity contribution < 1.29 is 18.8 Å². The fourth-order valence-electron chi connectivity index (χ4n) is 4.00. The van der Waals surface area contributed by atoms with Gasteiger partial charge in [0.05, 0.1) is 13.7 Å². The molecule has 0 unspecified atom stereocenters. The van der Waals surface area contributed by atoms with E-state index in [9.17, 15) is 9.59 Å². The Labute approximate surface area is 193 Å². The number of hydrogen-bond donors (Lipinski definition) is 0. The van der Waals surface area contributed by atoms with Crippen molar-refractivity contribution in [3.63, 3.8) is 0 Å². The quantitative estimate of drug-likeness (QED) is 0.0769. The van der Waals surface area contributed by atoms with E-state index in [0.29, 0.717) is 5.57 Å². The van der Waals surface area contributed by atoms with Crippen LogP contribution in [0.15, 0.2) is 11.6 Å². The summed E-state index contributed by atoms with van der Waals surface area (Å²) in [6, 6.07) is 3.06. The van der Waals surface area contributed by atoms with Gasteiger partial charge in [-0.05, 0) is 31.0 Å². The molecule has 0 spiro atoms. The molecule has 4 nitrogen and oxygen atoms in total. The number of esters is 1. The average Bonchev–Trinajstić information content (AvgIpc) is 2.79. The lowest BCUT2D eigenvalue weighted by Gasteiger charge is -2.27. The van der Waals surface area contributed by atoms with Crippen molar-refractivity contribution in [2.24, 2.45) is 0 Å². The number of ketones is 1. The summed E-state index contributed by atoms with van der Waals surface area (Å²) in [7, 11) is -0.405. The summed E-state index contributed by atoms with van der Waals surface area (Å²) in [6.07, 6.45) is 17.2. The predicted molar refractivity (Wildman–Crippen MR) is 134 cm³/mol. The van der Waals surface area contributed by atoms with E-state index in [4.69, 9.17) is 9.16 Å². The Morgan fingerprint density at radius 3 is 1.68 bits per heavy atom. The summed E-state index contributed by atoms with van der Waals surface area (Å²) in [5.74, 6) is -0.413. The molecule has 0 N–H and O–H groups in total. The van der Waals surface area contributed by atoms with Crippen molar-refractivity contribution in [2.45, 2.75) is 129 Å². The Morgan fingerprint density at radius 1 is 0.742 bits per heavy atom. The van der Waals surface area contributed by atoms with Gasteiger partial charge in [0.25, 0.3) is 0 Å². The zero-order chi connectivity index (χ0) is 23.4. The monoisotopic (exact) mass is 454 g/mol. The average molecular weight is 455 g/mol. The highest BCUT2D eigenvalue weighted by Crippen LogP contribution is 2.22. The van der Waals surface area contributed by atoms with Gasteiger partial charge in [-0.3, -0.25) is 4.79 Å². The Kier molecular flexibility index (Phi) is 19.1. The molecule has 0 radical (unpaired) electrons. The molecule has 0 saturated heterocycles. The highest BCUT2D eigenvalue weighted by molar-refractivity contribution is 6.73. The highest BCUT2D eigenvalue weighted by atomic mass is 28.4. The molecule has 31 heavy (non-hydrogen) atoms. The van der Waals surface area contributed by atoms with E-state index in [1.807, 2.05) is 6.08 Å². The van der Waals surface area contributed by atoms with Crippen molar-refractivity contribution in [3.8, 4) is 0 Å². The van der Waals surface area contributed by atoms with Gasteiger partial charge < -0.3 is 9.16 Å². The van der Waals surface area contributed by atoms with Gasteiger partial charge in [0, 0.05) is 12.0 Å². The van der Waals surface area contributed by atoms with Gasteiger partial charge in [0.1, 0.15) is 0 Å². The van der Waals surface area contributed by atoms with Crippen LogP contribution >= 0.6 is 0 Å². The maximum Gasteiger partial charge on any atom is 0.333 e. The summed E-state index contributed by atoms with van der Waals surface area (Å²) >= 11 is 0. The van der Waals surface area contributed by atoms with E-state index < -0.39 is 8.32 Å². The molecule has 0 saturated carbocycles. The first kappa shape index (κ1) is 30.1. The minimum Gasteiger partial charge on any atom is -0.466 e. The number of carbonyl (C=O) groups is 2. The van der Waals surface area contributed by atoms with Gasteiger partial charge in [-0.15, -0.1) is 0 Å². The van der Waals surface area contributed by atoms with E-state index in [1.165, 1.54) is 71.3 Å². The van der Waals surface area contributed by atoms with Crippen LogP contribution in [0.25, 0.3) is 0 Å². The van der Waals surface area contributed by atoms with E-state index in [1.54, 1.807) is 0 Å². The van der Waals surface area contributed by atoms with Crippen LogP contribution in [0.5, 0.6) is 0 Å². The smallest absolute Gasteiger partial charge is 0.333 e. The standard InChI is InChI=1S/C26H50O4Si/c1-6-10-11-12-13-14-15-16-17-18-19-20-21-24(26(28)29-5)22-25(27)23-30-31(7-2,8-3)9-4/h21H,6-20,22-23H2,1-5H3/b24-21-. The van der Waals surface area contributed by atoms with Crippen LogP contribution in [0.4, 0.5) is 0 Å². The summed E-state index contributed by atoms with van der Waals surface area (Å²) in [5, 5.41) is 0. The molecule has 0 amide bonds. The lowest BCUT2D eigenvalue weighted by atomic mass is 10.0. The molecular weight excluding hydrogens is 404 g/mol. The molecule has 0 aromatic rings. The Balaban J connectivity index is 4.19. The SMILES string of the molecule is CCCCCCCCCCCCC/C=C(/CC(=O)CO[Si](CC)(CC)CC)C(=O)OC. The van der Waals surface area contributed by atoms with Crippen molar-refractivity contribution in [2.75, 3.05) is 13.7 Å². The number of rotatable bonds is 21. The number of methoxy groups -OCH3 is 1. The van der Waals surface area contributed by atoms with Gasteiger partial charge in [0.2, 0.25) is 0 Å². The van der Waals surface area contributed by atoms with Crippen LogP contribution in [-0.4, -0.2) is 33.8 Å². The fourth-order valence-corrected chi connectivity index (χ4v) is 6.58. The van der Waals surface area contributed by atoms with E-state index in [-0.39, 0.29) is 24.8 Å². The van der Waals surface area contributed by atoms with Crippen LogP contribution in [0.1, 0.15) is 111 Å². The number of ether oxygens (including phenoxy) is 1. The van der Waals surface area contributed by atoms with E-state index in [0.717, 1.165) is 31.0 Å². The third-order valence-corrected chi connectivity index (χ3v) is 11.1. The summed E-state index contributed by atoms with van der Waals surface area (Å²) in [4.78, 5) is 24.5. The largest absolute Gasteiger partial charge is 0.466 e.